The first-order valence-corrected chi connectivity index (χ1v) is 6.83. The van der Waals surface area contributed by atoms with Gasteiger partial charge in [0.1, 0.15) is 0 Å². The van der Waals surface area contributed by atoms with Crippen LogP contribution >= 0.6 is 0 Å². The van der Waals surface area contributed by atoms with Crippen LogP contribution in [0.15, 0.2) is 18.2 Å². The third-order valence-corrected chi connectivity index (χ3v) is 3.26. The molecule has 4 nitrogen and oxygen atoms in total. The highest BCUT2D eigenvalue weighted by atomic mass is 16.5. The number of hydrogen-bond acceptors (Lipinski definition) is 4. The van der Waals surface area contributed by atoms with Gasteiger partial charge in [-0.3, -0.25) is 0 Å². The van der Waals surface area contributed by atoms with Gasteiger partial charge >= 0.3 is 0 Å². The molecule has 0 spiro atoms. The van der Waals surface area contributed by atoms with Gasteiger partial charge in [-0.2, -0.15) is 5.26 Å². The van der Waals surface area contributed by atoms with E-state index in [1.807, 2.05) is 18.2 Å². The second-order valence-corrected chi connectivity index (χ2v) is 4.64. The molecule has 0 saturated heterocycles. The van der Waals surface area contributed by atoms with E-state index < -0.39 is 0 Å². The summed E-state index contributed by atoms with van der Waals surface area (Å²) in [4.78, 5) is 0. The smallest absolute Gasteiger partial charge is 0.165 e. The lowest BCUT2D eigenvalue weighted by Gasteiger charge is -2.16. The van der Waals surface area contributed by atoms with E-state index >= 15 is 0 Å². The minimum absolute atomic E-state index is 0.229. The molecule has 102 valence electrons. The van der Waals surface area contributed by atoms with Crippen LogP contribution in [0, 0.1) is 11.3 Å². The lowest BCUT2D eigenvalue weighted by molar-refractivity contribution is 0.295. The Bertz CT molecular complexity index is 454. The maximum Gasteiger partial charge on any atom is 0.165 e. The molecule has 0 radical (unpaired) electrons. The highest BCUT2D eigenvalue weighted by molar-refractivity contribution is 5.47. The van der Waals surface area contributed by atoms with Crippen LogP contribution in [0.3, 0.4) is 0 Å². The average molecular weight is 260 g/mol. The second-order valence-electron chi connectivity index (χ2n) is 4.64. The number of ether oxygens (including phenoxy) is 2. The average Bonchev–Trinajstić information content (AvgIpc) is 2.69. The van der Waals surface area contributed by atoms with E-state index in [4.69, 9.17) is 14.7 Å². The Morgan fingerprint density at radius 1 is 1.37 bits per heavy atom. The zero-order valence-corrected chi connectivity index (χ0v) is 11.3. The second kappa shape index (κ2) is 7.01. The molecule has 0 aromatic heterocycles. The molecule has 1 aliphatic heterocycles. The van der Waals surface area contributed by atoms with Crippen LogP contribution in [-0.2, 0) is 6.54 Å². The zero-order valence-electron chi connectivity index (χ0n) is 11.3. The molecule has 1 heterocycles. The van der Waals surface area contributed by atoms with E-state index in [1.165, 1.54) is 0 Å². The van der Waals surface area contributed by atoms with Crippen LogP contribution < -0.4 is 14.8 Å². The maximum absolute atomic E-state index is 8.76. The van der Waals surface area contributed by atoms with Gasteiger partial charge in [-0.1, -0.05) is 19.1 Å². The normalized spacial score (nSPS) is 15.4. The number of nitrogens with zero attached hydrogens (tertiary/aromatic N) is 1. The minimum atomic E-state index is 0.229. The van der Waals surface area contributed by atoms with Gasteiger partial charge < -0.3 is 14.8 Å². The molecule has 0 bridgehead atoms. The van der Waals surface area contributed by atoms with E-state index in [9.17, 15) is 0 Å². The van der Waals surface area contributed by atoms with E-state index in [2.05, 4.69) is 18.3 Å². The maximum atomic E-state index is 8.76. The first-order valence-electron chi connectivity index (χ1n) is 6.83. The SMILES string of the molecule is CCC(CC#N)NCc1cccc2c1OCCCO2. The minimum Gasteiger partial charge on any atom is -0.490 e. The Hall–Kier alpha value is -1.73. The van der Waals surface area contributed by atoms with Gasteiger partial charge in [0.25, 0.3) is 0 Å². The van der Waals surface area contributed by atoms with Gasteiger partial charge in [0.2, 0.25) is 0 Å². The van der Waals surface area contributed by atoms with Crippen molar-refractivity contribution in [3.8, 4) is 17.6 Å². The van der Waals surface area contributed by atoms with Gasteiger partial charge in [-0.25, -0.2) is 0 Å². The molecule has 1 aromatic rings. The largest absolute Gasteiger partial charge is 0.490 e. The van der Waals surface area contributed by atoms with Gasteiger partial charge in [0.15, 0.2) is 11.5 Å². The Morgan fingerprint density at radius 2 is 2.21 bits per heavy atom. The number of rotatable bonds is 5. The lowest BCUT2D eigenvalue weighted by atomic mass is 10.1. The van der Waals surface area contributed by atoms with Crippen molar-refractivity contribution >= 4 is 0 Å². The van der Waals surface area contributed by atoms with Crippen molar-refractivity contribution in [3.63, 3.8) is 0 Å². The number of nitriles is 1. The van der Waals surface area contributed by atoms with E-state index in [0.717, 1.165) is 29.9 Å². The molecule has 19 heavy (non-hydrogen) atoms. The number of nitrogens with one attached hydrogen (secondary N) is 1. The number of fused-ring (bicyclic) bond motifs is 1. The predicted molar refractivity (Wildman–Crippen MR) is 73.2 cm³/mol. The quantitative estimate of drug-likeness (QED) is 0.884. The van der Waals surface area contributed by atoms with Crippen molar-refractivity contribution in [2.24, 2.45) is 0 Å². The molecular formula is C15H20N2O2. The summed E-state index contributed by atoms with van der Waals surface area (Å²) >= 11 is 0. The fraction of sp³-hybridized carbons (Fsp3) is 0.533. The highest BCUT2D eigenvalue weighted by Crippen LogP contribution is 2.33. The van der Waals surface area contributed by atoms with Gasteiger partial charge in [0, 0.05) is 24.6 Å². The molecule has 1 atom stereocenters. The zero-order chi connectivity index (χ0) is 13.5. The predicted octanol–water partition coefficient (Wildman–Crippen LogP) is 2.63. The van der Waals surface area contributed by atoms with Crippen molar-refractivity contribution in [3.05, 3.63) is 23.8 Å². The molecule has 1 aromatic carbocycles. The standard InChI is InChI=1S/C15H20N2O2/c1-2-13(7-8-16)17-11-12-5-3-6-14-15(12)19-10-4-9-18-14/h3,5-6,13,17H,2,4,7,9-11H2,1H3. The fourth-order valence-electron chi connectivity index (χ4n) is 2.12. The summed E-state index contributed by atoms with van der Waals surface area (Å²) in [6, 6.07) is 8.40. The van der Waals surface area contributed by atoms with Crippen molar-refractivity contribution in [1.29, 1.82) is 5.26 Å². The molecule has 4 heteroatoms. The Morgan fingerprint density at radius 3 is 3.00 bits per heavy atom. The van der Waals surface area contributed by atoms with E-state index in [0.29, 0.717) is 26.2 Å². The molecule has 0 amide bonds. The van der Waals surface area contributed by atoms with Crippen molar-refractivity contribution in [2.75, 3.05) is 13.2 Å². The molecule has 0 fully saturated rings. The summed E-state index contributed by atoms with van der Waals surface area (Å²) in [5.74, 6) is 1.67. The van der Waals surface area contributed by atoms with E-state index in [1.54, 1.807) is 0 Å². The summed E-state index contributed by atoms with van der Waals surface area (Å²) in [6.45, 7) is 4.18. The first-order chi connectivity index (χ1) is 9.35. The molecule has 0 saturated carbocycles. The summed E-state index contributed by atoms with van der Waals surface area (Å²) in [6.07, 6.45) is 2.39. The first kappa shape index (κ1) is 13.7. The van der Waals surface area contributed by atoms with Crippen molar-refractivity contribution < 1.29 is 9.47 Å². The van der Waals surface area contributed by atoms with Gasteiger partial charge in [0.05, 0.1) is 25.7 Å². The third kappa shape index (κ3) is 3.62. The fourth-order valence-corrected chi connectivity index (χ4v) is 2.12. The summed E-state index contributed by atoms with van der Waals surface area (Å²) in [7, 11) is 0. The van der Waals surface area contributed by atoms with Gasteiger partial charge in [-0.15, -0.1) is 0 Å². The summed E-state index contributed by atoms with van der Waals surface area (Å²) < 4.78 is 11.4. The van der Waals surface area contributed by atoms with Crippen molar-refractivity contribution in [2.45, 2.75) is 38.8 Å². The molecular weight excluding hydrogens is 240 g/mol. The van der Waals surface area contributed by atoms with Crippen LogP contribution in [-0.4, -0.2) is 19.3 Å². The van der Waals surface area contributed by atoms with E-state index in [-0.39, 0.29) is 6.04 Å². The topological polar surface area (TPSA) is 54.3 Å². The monoisotopic (exact) mass is 260 g/mol. The molecule has 2 rings (SSSR count). The van der Waals surface area contributed by atoms with Crippen LogP contribution in [0.25, 0.3) is 0 Å². The number of benzene rings is 1. The lowest BCUT2D eigenvalue weighted by Crippen LogP contribution is -2.27. The summed E-state index contributed by atoms with van der Waals surface area (Å²) in [5, 5.41) is 12.2. The Balaban J connectivity index is 2.06. The molecule has 0 aliphatic carbocycles. The van der Waals surface area contributed by atoms with Crippen LogP contribution in [0.2, 0.25) is 0 Å². The molecule has 1 N–H and O–H groups in total. The van der Waals surface area contributed by atoms with Crippen molar-refractivity contribution in [1.82, 2.24) is 5.32 Å². The Kier molecular flexibility index (Phi) is 5.05. The summed E-state index contributed by atoms with van der Waals surface area (Å²) in [5.41, 5.74) is 1.09. The number of hydrogen-bond donors (Lipinski definition) is 1. The molecule has 1 aliphatic rings. The molecule has 1 unspecified atom stereocenters. The number of para-hydroxylation sites is 1. The van der Waals surface area contributed by atoms with Gasteiger partial charge in [-0.05, 0) is 12.5 Å². The van der Waals surface area contributed by atoms with Crippen LogP contribution in [0.5, 0.6) is 11.5 Å². The van der Waals surface area contributed by atoms with Crippen LogP contribution in [0.4, 0.5) is 0 Å². The Labute approximate surface area is 114 Å². The van der Waals surface area contributed by atoms with Crippen LogP contribution in [0.1, 0.15) is 31.7 Å². The highest BCUT2D eigenvalue weighted by Gasteiger charge is 2.15. The third-order valence-electron chi connectivity index (χ3n) is 3.26.